The number of amides is 3. The topological polar surface area (TPSA) is 169 Å². The van der Waals surface area contributed by atoms with Crippen molar-refractivity contribution in [1.29, 1.82) is 0 Å². The van der Waals surface area contributed by atoms with E-state index in [4.69, 9.17) is 9.72 Å². The first-order valence-electron chi connectivity index (χ1n) is 21.0. The number of hydrogen-bond donors (Lipinski definition) is 2. The summed E-state index contributed by atoms with van der Waals surface area (Å²) >= 11 is 0. The zero-order valence-corrected chi connectivity index (χ0v) is 33.7. The highest BCUT2D eigenvalue weighted by Gasteiger charge is 2.40. The van der Waals surface area contributed by atoms with Crippen molar-refractivity contribution >= 4 is 45.9 Å². The van der Waals surface area contributed by atoms with Gasteiger partial charge in [-0.3, -0.25) is 43.3 Å². The Morgan fingerprint density at radius 2 is 1.84 bits per heavy atom. The molecule has 1 aliphatic carbocycles. The maximum absolute atomic E-state index is 14.3. The molecular formula is C42H46F2N12O5. The van der Waals surface area contributed by atoms with Crippen LogP contribution < -0.4 is 21.2 Å². The van der Waals surface area contributed by atoms with Crippen molar-refractivity contribution in [3.8, 4) is 11.8 Å². The van der Waals surface area contributed by atoms with E-state index in [1.54, 1.807) is 24.0 Å². The van der Waals surface area contributed by atoms with Gasteiger partial charge in [0.15, 0.2) is 11.3 Å². The molecule has 4 aliphatic heterocycles. The van der Waals surface area contributed by atoms with Crippen molar-refractivity contribution in [3.63, 3.8) is 0 Å². The van der Waals surface area contributed by atoms with Gasteiger partial charge in [0.05, 0.1) is 59.8 Å². The predicted octanol–water partition coefficient (Wildman–Crippen LogP) is 2.88. The lowest BCUT2D eigenvalue weighted by atomic mass is 9.90. The van der Waals surface area contributed by atoms with Crippen LogP contribution in [0, 0.1) is 11.8 Å². The van der Waals surface area contributed by atoms with Gasteiger partial charge in [-0.1, -0.05) is 17.9 Å². The van der Waals surface area contributed by atoms with Gasteiger partial charge >= 0.3 is 5.69 Å². The number of ether oxygens (including phenoxy) is 1. The standard InChI is InChI=1S/C42H46F2N12O5/c1-50-37-25(4-2-6-32(37)56(42(50)60)33-11-12-35(57)48-41(33)59)5-3-14-51-16-18-52(19-17-51)26-7-9-27(10-8-26)55-23-31(36(49-55)38(43)44)46-40(58)30-21-45-54-15-13-34(47-39(30)54)53-22-29-20-28(53)24-61-29/h2,4,6,13,15,21,23,26-29,33,38H,7-12,14,16-20,22,24H2,1H3,(H,46,58)(H,48,57,59)/t26-,27+,28-,29-,33?/m1/s1. The van der Waals surface area contributed by atoms with Crippen LogP contribution in [0.25, 0.3) is 16.7 Å². The third-order valence-electron chi connectivity index (χ3n) is 13.1. The molecular weight excluding hydrogens is 791 g/mol. The third kappa shape index (κ3) is 7.25. The molecule has 1 unspecified atom stereocenters. The number of carbonyl (C=O) groups excluding carboxylic acids is 3. The number of hydrogen-bond acceptors (Lipinski definition) is 11. The van der Waals surface area contributed by atoms with Crippen molar-refractivity contribution in [2.24, 2.45) is 7.05 Å². The van der Waals surface area contributed by atoms with Gasteiger partial charge in [0.25, 0.3) is 12.3 Å². The normalized spacial score (nSPS) is 24.8. The number of rotatable bonds is 8. The summed E-state index contributed by atoms with van der Waals surface area (Å²) < 4.78 is 40.4. The number of halogens is 2. The van der Waals surface area contributed by atoms with E-state index in [9.17, 15) is 28.0 Å². The van der Waals surface area contributed by atoms with Crippen LogP contribution in [0.1, 0.15) is 85.1 Å². The maximum atomic E-state index is 14.3. The number of carbonyl (C=O) groups is 3. The average molecular weight is 837 g/mol. The van der Waals surface area contributed by atoms with Crippen LogP contribution in [0.15, 0.2) is 47.7 Å². The lowest BCUT2D eigenvalue weighted by Crippen LogP contribution is -2.51. The minimum atomic E-state index is -2.87. The molecule has 8 heterocycles. The minimum absolute atomic E-state index is 0.0165. The van der Waals surface area contributed by atoms with E-state index in [-0.39, 0.29) is 53.9 Å². The van der Waals surface area contributed by atoms with E-state index in [1.807, 2.05) is 18.2 Å². The van der Waals surface area contributed by atoms with E-state index in [0.29, 0.717) is 41.4 Å². The highest BCUT2D eigenvalue weighted by atomic mass is 19.3. The fourth-order valence-corrected chi connectivity index (χ4v) is 9.89. The fraction of sp³-hybridized carbons (Fsp3) is 0.500. The molecule has 5 fully saturated rings. The smallest absolute Gasteiger partial charge is 0.329 e. The maximum Gasteiger partial charge on any atom is 0.329 e. The molecule has 4 saturated heterocycles. The predicted molar refractivity (Wildman–Crippen MR) is 218 cm³/mol. The molecule has 2 N–H and O–H groups in total. The molecule has 2 bridgehead atoms. The number of piperidine rings is 1. The van der Waals surface area contributed by atoms with Crippen molar-refractivity contribution in [2.45, 2.75) is 81.6 Å². The molecule has 1 aromatic carbocycles. The molecule has 5 aromatic rings. The number of aromatic nitrogens is 7. The van der Waals surface area contributed by atoms with E-state index in [2.05, 4.69) is 47.4 Å². The molecule has 1 saturated carbocycles. The Morgan fingerprint density at radius 1 is 1.03 bits per heavy atom. The van der Waals surface area contributed by atoms with Gasteiger partial charge in [-0.2, -0.15) is 10.2 Å². The number of anilines is 2. The van der Waals surface area contributed by atoms with E-state index < -0.39 is 30.0 Å². The first-order chi connectivity index (χ1) is 29.6. The number of alkyl halides is 2. The Morgan fingerprint density at radius 3 is 2.57 bits per heavy atom. The highest BCUT2D eigenvalue weighted by molar-refractivity contribution is 6.08. The molecule has 3 amide bonds. The number of nitrogens with one attached hydrogen (secondary N) is 2. The summed E-state index contributed by atoms with van der Waals surface area (Å²) in [6.07, 6.45) is 6.73. The van der Waals surface area contributed by atoms with Gasteiger partial charge in [-0.25, -0.2) is 23.1 Å². The van der Waals surface area contributed by atoms with Crippen LogP contribution in [0.5, 0.6) is 0 Å². The first-order valence-corrected chi connectivity index (χ1v) is 21.0. The monoisotopic (exact) mass is 836 g/mol. The van der Waals surface area contributed by atoms with Gasteiger partial charge in [0, 0.05) is 64.6 Å². The highest BCUT2D eigenvalue weighted by Crippen LogP contribution is 2.36. The number of piperazine rings is 1. The Hall–Kier alpha value is -5.97. The number of nitrogens with zero attached hydrogens (tertiary/aromatic N) is 10. The molecule has 17 nitrogen and oxygen atoms in total. The van der Waals surface area contributed by atoms with Gasteiger partial charge in [-0.15, -0.1) is 0 Å². The van der Waals surface area contributed by atoms with Gasteiger partial charge in [-0.05, 0) is 56.7 Å². The SMILES string of the molecule is Cn1c(=O)n(C2CCC(=O)NC2=O)c2cccc(C#CCN3CCN([C@H]4CC[C@@H](n5cc(NC(=O)c6cnn7ccc(N8C[C@H]9C[C@@H]8CO9)nc67)c(C(F)F)n5)CC4)CC3)c21. The lowest BCUT2D eigenvalue weighted by Gasteiger charge is -2.41. The fourth-order valence-electron chi connectivity index (χ4n) is 9.89. The molecule has 4 aromatic heterocycles. The number of para-hydroxylation sites is 1. The molecule has 61 heavy (non-hydrogen) atoms. The van der Waals surface area contributed by atoms with Crippen LogP contribution in [0.2, 0.25) is 0 Å². The Labute approximate surface area is 348 Å². The number of benzene rings is 1. The second-order valence-electron chi connectivity index (χ2n) is 16.7. The number of morpholine rings is 1. The van der Waals surface area contributed by atoms with Gasteiger partial charge < -0.3 is 15.0 Å². The zero-order valence-electron chi connectivity index (χ0n) is 33.7. The summed E-state index contributed by atoms with van der Waals surface area (Å²) in [6.45, 7) is 5.40. The summed E-state index contributed by atoms with van der Waals surface area (Å²) in [5.74, 6) is 5.91. The van der Waals surface area contributed by atoms with Gasteiger partial charge in [0.1, 0.15) is 17.4 Å². The van der Waals surface area contributed by atoms with Crippen molar-refractivity contribution in [2.75, 3.05) is 56.1 Å². The Bertz CT molecular complexity index is 2660. The first kappa shape index (κ1) is 39.2. The second-order valence-corrected chi connectivity index (χ2v) is 16.7. The van der Waals surface area contributed by atoms with Crippen molar-refractivity contribution in [1.82, 2.24) is 48.6 Å². The van der Waals surface area contributed by atoms with E-state index in [0.717, 1.165) is 70.6 Å². The molecule has 5 aliphatic rings. The van der Waals surface area contributed by atoms with Gasteiger partial charge in [0.2, 0.25) is 11.8 Å². The quantitative estimate of drug-likeness (QED) is 0.174. The zero-order chi connectivity index (χ0) is 41.9. The van der Waals surface area contributed by atoms with Crippen LogP contribution in [0.3, 0.4) is 0 Å². The molecule has 0 spiro atoms. The molecule has 3 atom stereocenters. The number of aryl methyl sites for hydroxylation is 1. The number of fused-ring (bicyclic) bond motifs is 4. The lowest BCUT2D eigenvalue weighted by molar-refractivity contribution is -0.135. The van der Waals surface area contributed by atoms with Crippen LogP contribution in [-0.4, -0.2) is 125 Å². The third-order valence-corrected chi connectivity index (χ3v) is 13.1. The number of imidazole rings is 1. The van der Waals surface area contributed by atoms with Crippen LogP contribution >= 0.6 is 0 Å². The average Bonchev–Trinajstić information content (AvgIpc) is 4.11. The molecule has 0 radical (unpaired) electrons. The van der Waals surface area contributed by atoms with Crippen molar-refractivity contribution in [3.05, 3.63) is 70.2 Å². The molecule has 19 heteroatoms. The van der Waals surface area contributed by atoms with Crippen LogP contribution in [0.4, 0.5) is 20.3 Å². The summed E-state index contributed by atoms with van der Waals surface area (Å²) in [7, 11) is 1.67. The summed E-state index contributed by atoms with van der Waals surface area (Å²) in [4.78, 5) is 62.9. The van der Waals surface area contributed by atoms with E-state index >= 15 is 0 Å². The summed E-state index contributed by atoms with van der Waals surface area (Å²) in [5, 5.41) is 13.6. The Kier molecular flexibility index (Phi) is 10.2. The molecule has 318 valence electrons. The minimum Gasteiger partial charge on any atom is -0.374 e. The van der Waals surface area contributed by atoms with Crippen LogP contribution in [-0.2, 0) is 21.4 Å². The Balaban J connectivity index is 0.740. The van der Waals surface area contributed by atoms with E-state index in [1.165, 1.54) is 26.0 Å². The summed E-state index contributed by atoms with van der Waals surface area (Å²) in [5.41, 5.74) is 1.70. The number of imide groups is 1. The largest absolute Gasteiger partial charge is 0.374 e. The second kappa shape index (κ2) is 15.8. The molecule has 10 rings (SSSR count). The summed E-state index contributed by atoms with van der Waals surface area (Å²) in [6, 6.07) is 7.15. The van der Waals surface area contributed by atoms with Crippen molar-refractivity contribution < 1.29 is 27.9 Å².